The second-order valence-electron chi connectivity index (χ2n) is 6.29. The molecule has 1 fully saturated rings. The van der Waals surface area contributed by atoms with Crippen molar-refractivity contribution in [3.63, 3.8) is 0 Å². The van der Waals surface area contributed by atoms with Gasteiger partial charge in [0.05, 0.1) is 0 Å². The molecule has 140 valence electrons. The Bertz CT molecular complexity index is 558. The fraction of sp³-hybridized carbons (Fsp3) is 0.647. The lowest BCUT2D eigenvalue weighted by Crippen LogP contribution is -2.43. The molecule has 8 heteroatoms. The Morgan fingerprint density at radius 2 is 2.00 bits per heavy atom. The molecule has 1 aromatic rings. The summed E-state index contributed by atoms with van der Waals surface area (Å²) in [5, 5.41) is 2.74. The van der Waals surface area contributed by atoms with Crippen LogP contribution in [0, 0.1) is 0 Å². The number of nitrogens with zero attached hydrogens (tertiary/aromatic N) is 2. The fourth-order valence-corrected chi connectivity index (χ4v) is 2.95. The van der Waals surface area contributed by atoms with Crippen LogP contribution in [0.3, 0.4) is 0 Å². The van der Waals surface area contributed by atoms with Crippen molar-refractivity contribution in [1.29, 1.82) is 0 Å². The molecule has 0 atom stereocenters. The SMILES string of the molecule is CN(C(=O)NCc1cccnc1OCC(F)(F)F)C1CCCCCC1. The summed E-state index contributed by atoms with van der Waals surface area (Å²) in [6.07, 6.45) is 3.50. The topological polar surface area (TPSA) is 54.5 Å². The molecular weight excluding hydrogens is 335 g/mol. The molecule has 0 radical (unpaired) electrons. The molecule has 1 N–H and O–H groups in total. The van der Waals surface area contributed by atoms with Crippen LogP contribution in [0.5, 0.6) is 5.88 Å². The number of amides is 2. The lowest BCUT2D eigenvalue weighted by Gasteiger charge is -2.27. The summed E-state index contributed by atoms with van der Waals surface area (Å²) in [6.45, 7) is -1.34. The molecule has 0 bridgehead atoms. The van der Waals surface area contributed by atoms with Crippen molar-refractivity contribution in [1.82, 2.24) is 15.2 Å². The van der Waals surface area contributed by atoms with Gasteiger partial charge in [0.25, 0.3) is 0 Å². The van der Waals surface area contributed by atoms with Crippen LogP contribution < -0.4 is 10.1 Å². The Balaban J connectivity index is 1.90. The highest BCUT2D eigenvalue weighted by molar-refractivity contribution is 5.74. The Labute approximate surface area is 145 Å². The van der Waals surface area contributed by atoms with Crippen LogP contribution in [-0.2, 0) is 6.54 Å². The zero-order valence-corrected chi connectivity index (χ0v) is 14.3. The van der Waals surface area contributed by atoms with E-state index in [1.807, 2.05) is 0 Å². The third-order valence-electron chi connectivity index (χ3n) is 4.35. The maximum Gasteiger partial charge on any atom is 0.422 e. The minimum atomic E-state index is -4.43. The van der Waals surface area contributed by atoms with Crippen LogP contribution >= 0.6 is 0 Å². The quantitative estimate of drug-likeness (QED) is 0.812. The van der Waals surface area contributed by atoms with Gasteiger partial charge in [-0.2, -0.15) is 13.2 Å². The van der Waals surface area contributed by atoms with Crippen molar-refractivity contribution in [3.05, 3.63) is 23.9 Å². The van der Waals surface area contributed by atoms with Gasteiger partial charge in [0.2, 0.25) is 5.88 Å². The highest BCUT2D eigenvalue weighted by Gasteiger charge is 2.29. The predicted octanol–water partition coefficient (Wildman–Crippen LogP) is 3.89. The van der Waals surface area contributed by atoms with Crippen LogP contribution in [0.4, 0.5) is 18.0 Å². The van der Waals surface area contributed by atoms with Crippen LogP contribution in [-0.4, -0.2) is 41.8 Å². The number of hydrogen-bond donors (Lipinski definition) is 1. The van der Waals surface area contributed by atoms with Gasteiger partial charge in [-0.3, -0.25) is 0 Å². The van der Waals surface area contributed by atoms with E-state index in [9.17, 15) is 18.0 Å². The minimum Gasteiger partial charge on any atom is -0.468 e. The van der Waals surface area contributed by atoms with Crippen LogP contribution in [0.2, 0.25) is 0 Å². The van der Waals surface area contributed by atoms with E-state index in [1.54, 1.807) is 24.1 Å². The summed E-state index contributed by atoms with van der Waals surface area (Å²) < 4.78 is 41.6. The first-order chi connectivity index (χ1) is 11.9. The molecule has 0 unspecified atom stereocenters. The maximum atomic E-state index is 12.3. The van der Waals surface area contributed by atoms with Crippen molar-refractivity contribution >= 4 is 6.03 Å². The summed E-state index contributed by atoms with van der Waals surface area (Å²) >= 11 is 0. The summed E-state index contributed by atoms with van der Waals surface area (Å²) in [4.78, 5) is 17.8. The van der Waals surface area contributed by atoms with E-state index in [1.165, 1.54) is 19.0 Å². The van der Waals surface area contributed by atoms with Crippen LogP contribution in [0.15, 0.2) is 18.3 Å². The third-order valence-corrected chi connectivity index (χ3v) is 4.35. The summed E-state index contributed by atoms with van der Waals surface area (Å²) in [5.74, 6) is -0.114. The van der Waals surface area contributed by atoms with Gasteiger partial charge in [0, 0.05) is 31.4 Å². The van der Waals surface area contributed by atoms with Crippen molar-refractivity contribution in [2.75, 3.05) is 13.7 Å². The zero-order chi connectivity index (χ0) is 18.3. The van der Waals surface area contributed by atoms with Gasteiger partial charge in [-0.05, 0) is 18.9 Å². The molecule has 2 amide bonds. The summed E-state index contributed by atoms with van der Waals surface area (Å²) in [7, 11) is 1.76. The normalized spacial score (nSPS) is 16.2. The van der Waals surface area contributed by atoms with E-state index in [0.717, 1.165) is 25.7 Å². The van der Waals surface area contributed by atoms with Crippen molar-refractivity contribution in [2.45, 2.75) is 57.3 Å². The molecule has 0 aromatic carbocycles. The van der Waals surface area contributed by atoms with E-state index >= 15 is 0 Å². The van der Waals surface area contributed by atoms with Crippen molar-refractivity contribution < 1.29 is 22.7 Å². The van der Waals surface area contributed by atoms with Gasteiger partial charge >= 0.3 is 12.2 Å². The lowest BCUT2D eigenvalue weighted by atomic mass is 10.1. The Morgan fingerprint density at radius 1 is 1.32 bits per heavy atom. The molecule has 5 nitrogen and oxygen atoms in total. The minimum absolute atomic E-state index is 0.0664. The number of urea groups is 1. The average molecular weight is 359 g/mol. The standard InChI is InChI=1S/C17H24F3N3O2/c1-23(14-8-4-2-3-5-9-14)16(24)22-11-13-7-6-10-21-15(13)25-12-17(18,19)20/h6-7,10,14H,2-5,8-9,11-12H2,1H3,(H,22,24). The van der Waals surface area contributed by atoms with Crippen molar-refractivity contribution in [2.24, 2.45) is 0 Å². The monoisotopic (exact) mass is 359 g/mol. The highest BCUT2D eigenvalue weighted by Crippen LogP contribution is 2.22. The molecule has 0 spiro atoms. The van der Waals surface area contributed by atoms with E-state index < -0.39 is 12.8 Å². The zero-order valence-electron chi connectivity index (χ0n) is 14.3. The van der Waals surface area contributed by atoms with Gasteiger partial charge in [-0.1, -0.05) is 31.7 Å². The molecule has 0 aliphatic heterocycles. The smallest absolute Gasteiger partial charge is 0.422 e. The first kappa shape index (κ1) is 19.3. The molecule has 2 rings (SSSR count). The Kier molecular flexibility index (Phi) is 6.90. The number of halogens is 3. The number of alkyl halides is 3. The number of carbonyl (C=O) groups excluding carboxylic acids is 1. The van der Waals surface area contributed by atoms with E-state index in [-0.39, 0.29) is 24.5 Å². The number of carbonyl (C=O) groups is 1. The van der Waals surface area contributed by atoms with Crippen LogP contribution in [0.25, 0.3) is 0 Å². The number of ether oxygens (including phenoxy) is 1. The van der Waals surface area contributed by atoms with Gasteiger partial charge in [0.15, 0.2) is 6.61 Å². The molecule has 1 aromatic heterocycles. The number of pyridine rings is 1. The molecule has 1 heterocycles. The van der Waals surface area contributed by atoms with Crippen LogP contribution in [0.1, 0.15) is 44.1 Å². The molecule has 1 aliphatic rings. The summed E-state index contributed by atoms with van der Waals surface area (Å²) in [5.41, 5.74) is 0.411. The van der Waals surface area contributed by atoms with E-state index in [0.29, 0.717) is 5.56 Å². The van der Waals surface area contributed by atoms with E-state index in [4.69, 9.17) is 4.74 Å². The molecule has 0 saturated heterocycles. The number of nitrogens with one attached hydrogen (secondary N) is 1. The van der Waals surface area contributed by atoms with Gasteiger partial charge in [0.1, 0.15) is 0 Å². The second kappa shape index (κ2) is 8.92. The van der Waals surface area contributed by atoms with Crippen molar-refractivity contribution in [3.8, 4) is 5.88 Å². The average Bonchev–Trinajstić information content (AvgIpc) is 2.86. The number of hydrogen-bond acceptors (Lipinski definition) is 3. The molecule has 25 heavy (non-hydrogen) atoms. The Morgan fingerprint density at radius 3 is 2.64 bits per heavy atom. The first-order valence-electron chi connectivity index (χ1n) is 8.51. The lowest BCUT2D eigenvalue weighted by molar-refractivity contribution is -0.154. The van der Waals surface area contributed by atoms with Gasteiger partial charge in [-0.15, -0.1) is 0 Å². The molecule has 1 saturated carbocycles. The first-order valence-corrected chi connectivity index (χ1v) is 8.51. The third kappa shape index (κ3) is 6.43. The maximum absolute atomic E-state index is 12.3. The van der Waals surface area contributed by atoms with Gasteiger partial charge < -0.3 is 15.0 Å². The fourth-order valence-electron chi connectivity index (χ4n) is 2.95. The Hall–Kier alpha value is -1.99. The molecule has 1 aliphatic carbocycles. The number of rotatable bonds is 5. The largest absolute Gasteiger partial charge is 0.468 e. The summed E-state index contributed by atoms with van der Waals surface area (Å²) in [6, 6.07) is 3.15. The van der Waals surface area contributed by atoms with Gasteiger partial charge in [-0.25, -0.2) is 9.78 Å². The number of aromatic nitrogens is 1. The highest BCUT2D eigenvalue weighted by atomic mass is 19.4. The predicted molar refractivity (Wildman–Crippen MR) is 87.3 cm³/mol. The van der Waals surface area contributed by atoms with E-state index in [2.05, 4.69) is 10.3 Å². The second-order valence-corrected chi connectivity index (χ2v) is 6.29. The molecular formula is C17H24F3N3O2.